The number of nitrogens with zero attached hydrogens (tertiary/aromatic N) is 2. The molecule has 2 heterocycles. The molecule has 0 unspecified atom stereocenters. The fourth-order valence-electron chi connectivity index (χ4n) is 3.02. The molecule has 0 N–H and O–H groups in total. The van der Waals surface area contributed by atoms with Crippen LogP contribution in [0, 0.1) is 0 Å². The van der Waals surface area contributed by atoms with Gasteiger partial charge in [-0.25, -0.2) is 0 Å². The highest BCUT2D eigenvalue weighted by Crippen LogP contribution is 2.24. The van der Waals surface area contributed by atoms with E-state index in [9.17, 15) is 9.59 Å². The van der Waals surface area contributed by atoms with Crippen LogP contribution in [0.25, 0.3) is 0 Å². The Balaban J connectivity index is 1.66. The molecule has 0 saturated carbocycles. The summed E-state index contributed by atoms with van der Waals surface area (Å²) in [4.78, 5) is 32.1. The van der Waals surface area contributed by atoms with Gasteiger partial charge in [-0.2, -0.15) is 4.99 Å². The molecule has 0 spiro atoms. The summed E-state index contributed by atoms with van der Waals surface area (Å²) in [5, 5.41) is 1.89. The zero-order chi connectivity index (χ0) is 17.9. The van der Waals surface area contributed by atoms with Crippen molar-refractivity contribution < 1.29 is 9.59 Å². The van der Waals surface area contributed by atoms with E-state index in [1.165, 1.54) is 11.3 Å². The number of hydrogen-bond acceptors (Lipinski definition) is 3. The third-order valence-electron chi connectivity index (χ3n) is 4.28. The molecular formula is C21H16N2O2S. The van der Waals surface area contributed by atoms with Crippen LogP contribution in [0.15, 0.2) is 77.1 Å². The number of Topliss-reactive ketones (excluding diaryl/α,β-unsaturated/α-hetero) is 1. The SMILES string of the molecule is O=C(N=C1c2ccccc2CN1CC(=O)c1cccs1)c1ccccc1. The van der Waals surface area contributed by atoms with Gasteiger partial charge in [0.25, 0.3) is 5.91 Å². The number of hydrogen-bond donors (Lipinski definition) is 0. The third kappa shape index (κ3) is 3.21. The monoisotopic (exact) mass is 360 g/mol. The molecule has 26 heavy (non-hydrogen) atoms. The van der Waals surface area contributed by atoms with E-state index in [1.54, 1.807) is 12.1 Å². The molecule has 5 heteroatoms. The highest BCUT2D eigenvalue weighted by atomic mass is 32.1. The predicted octanol–water partition coefficient (Wildman–Crippen LogP) is 4.03. The molecule has 4 nitrogen and oxygen atoms in total. The van der Waals surface area contributed by atoms with Gasteiger partial charge in [0.1, 0.15) is 5.84 Å². The number of benzene rings is 2. The first-order valence-electron chi connectivity index (χ1n) is 8.30. The number of aliphatic imine (C=N–C) groups is 1. The van der Waals surface area contributed by atoms with Gasteiger partial charge in [-0.3, -0.25) is 9.59 Å². The molecule has 1 aliphatic rings. The van der Waals surface area contributed by atoms with Crippen LogP contribution >= 0.6 is 11.3 Å². The van der Waals surface area contributed by atoms with Crippen LogP contribution in [0.2, 0.25) is 0 Å². The molecule has 0 fully saturated rings. The number of ketones is 1. The predicted molar refractivity (Wildman–Crippen MR) is 103 cm³/mol. The van der Waals surface area contributed by atoms with Crippen molar-refractivity contribution in [1.82, 2.24) is 4.90 Å². The van der Waals surface area contributed by atoms with Crippen molar-refractivity contribution in [2.75, 3.05) is 6.54 Å². The second-order valence-electron chi connectivity index (χ2n) is 6.02. The molecule has 0 radical (unpaired) electrons. The normalized spacial score (nSPS) is 14.5. The highest BCUT2D eigenvalue weighted by molar-refractivity contribution is 7.12. The first-order valence-corrected chi connectivity index (χ1v) is 9.18. The highest BCUT2D eigenvalue weighted by Gasteiger charge is 2.28. The van der Waals surface area contributed by atoms with Crippen LogP contribution < -0.4 is 0 Å². The molecule has 2 aromatic carbocycles. The Labute approximate surface area is 155 Å². The Morgan fingerprint density at radius 1 is 0.962 bits per heavy atom. The summed E-state index contributed by atoms with van der Waals surface area (Å²) in [5.74, 6) is 0.304. The van der Waals surface area contributed by atoms with Crippen LogP contribution in [-0.2, 0) is 6.54 Å². The van der Waals surface area contributed by atoms with Crippen molar-refractivity contribution in [1.29, 1.82) is 0 Å². The Morgan fingerprint density at radius 3 is 2.50 bits per heavy atom. The van der Waals surface area contributed by atoms with E-state index >= 15 is 0 Å². The van der Waals surface area contributed by atoms with Gasteiger partial charge in [-0.1, -0.05) is 48.5 Å². The zero-order valence-electron chi connectivity index (χ0n) is 14.0. The fourth-order valence-corrected chi connectivity index (χ4v) is 3.68. The maximum absolute atomic E-state index is 12.6. The molecule has 1 aliphatic heterocycles. The Hall–Kier alpha value is -3.05. The van der Waals surface area contributed by atoms with E-state index in [0.717, 1.165) is 16.0 Å². The maximum Gasteiger partial charge on any atom is 0.278 e. The molecule has 1 aromatic heterocycles. The van der Waals surface area contributed by atoms with Crippen molar-refractivity contribution in [3.63, 3.8) is 0 Å². The second-order valence-corrected chi connectivity index (χ2v) is 6.97. The lowest BCUT2D eigenvalue weighted by molar-refractivity contribution is 0.0958. The van der Waals surface area contributed by atoms with E-state index in [4.69, 9.17) is 0 Å². The van der Waals surface area contributed by atoms with Gasteiger partial charge in [-0.15, -0.1) is 11.3 Å². The summed E-state index contributed by atoms with van der Waals surface area (Å²) in [6, 6.07) is 20.5. The Morgan fingerprint density at radius 2 is 1.73 bits per heavy atom. The summed E-state index contributed by atoms with van der Waals surface area (Å²) in [6.07, 6.45) is 0. The van der Waals surface area contributed by atoms with Crippen molar-refractivity contribution in [3.8, 4) is 0 Å². The quantitative estimate of drug-likeness (QED) is 0.660. The van der Waals surface area contributed by atoms with Crippen molar-refractivity contribution in [2.24, 2.45) is 4.99 Å². The van der Waals surface area contributed by atoms with Gasteiger partial charge in [0.2, 0.25) is 0 Å². The van der Waals surface area contributed by atoms with E-state index in [2.05, 4.69) is 4.99 Å². The molecule has 3 aromatic rings. The minimum absolute atomic E-state index is 0.0349. The summed E-state index contributed by atoms with van der Waals surface area (Å²) in [7, 11) is 0. The summed E-state index contributed by atoms with van der Waals surface area (Å²) < 4.78 is 0. The van der Waals surface area contributed by atoms with Crippen LogP contribution in [0.5, 0.6) is 0 Å². The Kier molecular flexibility index (Phi) is 4.46. The largest absolute Gasteiger partial charge is 0.344 e. The molecule has 0 atom stereocenters. The van der Waals surface area contributed by atoms with Crippen molar-refractivity contribution in [2.45, 2.75) is 6.54 Å². The van der Waals surface area contributed by atoms with E-state index < -0.39 is 0 Å². The van der Waals surface area contributed by atoms with Gasteiger partial charge < -0.3 is 4.90 Å². The second kappa shape index (κ2) is 7.06. The molecular weight excluding hydrogens is 344 g/mol. The number of rotatable bonds is 4. The van der Waals surface area contributed by atoms with Crippen molar-refractivity contribution >= 4 is 28.9 Å². The van der Waals surface area contributed by atoms with Gasteiger partial charge in [0.15, 0.2) is 5.78 Å². The topological polar surface area (TPSA) is 49.7 Å². The number of fused-ring (bicyclic) bond motifs is 1. The standard InChI is InChI=1S/C21H16N2O2S/c24-18(19-11-6-12-26-19)14-23-13-16-9-4-5-10-17(16)20(23)22-21(25)15-7-2-1-3-8-15/h1-12H,13-14H2. The fraction of sp³-hybridized carbons (Fsp3) is 0.0952. The van der Waals surface area contributed by atoms with Gasteiger partial charge in [0, 0.05) is 17.7 Å². The smallest absolute Gasteiger partial charge is 0.278 e. The van der Waals surface area contributed by atoms with E-state index in [-0.39, 0.29) is 18.2 Å². The number of amidine groups is 1. The molecule has 4 rings (SSSR count). The number of amides is 1. The number of thiophene rings is 1. The minimum Gasteiger partial charge on any atom is -0.344 e. The van der Waals surface area contributed by atoms with E-state index in [0.29, 0.717) is 17.9 Å². The van der Waals surface area contributed by atoms with Crippen molar-refractivity contribution in [3.05, 3.63) is 93.7 Å². The lowest BCUT2D eigenvalue weighted by atomic mass is 10.1. The average Bonchev–Trinajstić information content (AvgIpc) is 3.31. The first-order chi connectivity index (χ1) is 12.7. The van der Waals surface area contributed by atoms with Gasteiger partial charge >= 0.3 is 0 Å². The number of carbonyl (C=O) groups is 2. The molecule has 0 saturated heterocycles. The van der Waals surface area contributed by atoms with Gasteiger partial charge in [0.05, 0.1) is 11.4 Å². The lowest BCUT2D eigenvalue weighted by Crippen LogP contribution is -2.31. The summed E-state index contributed by atoms with van der Waals surface area (Å²) in [6.45, 7) is 0.782. The van der Waals surface area contributed by atoms with Gasteiger partial charge in [-0.05, 0) is 29.1 Å². The first kappa shape index (κ1) is 16.4. The summed E-state index contributed by atoms with van der Waals surface area (Å²) in [5.41, 5.74) is 2.52. The molecule has 0 bridgehead atoms. The minimum atomic E-state index is -0.300. The average molecular weight is 360 g/mol. The third-order valence-corrected chi connectivity index (χ3v) is 5.19. The maximum atomic E-state index is 12.6. The van der Waals surface area contributed by atoms with Crippen LogP contribution in [0.4, 0.5) is 0 Å². The van der Waals surface area contributed by atoms with Crippen LogP contribution in [0.1, 0.15) is 31.2 Å². The summed E-state index contributed by atoms with van der Waals surface area (Å²) >= 11 is 1.43. The van der Waals surface area contributed by atoms with Crippen LogP contribution in [-0.4, -0.2) is 29.0 Å². The lowest BCUT2D eigenvalue weighted by Gasteiger charge is -2.17. The Bertz CT molecular complexity index is 978. The number of carbonyl (C=O) groups excluding carboxylic acids is 2. The molecule has 1 amide bonds. The zero-order valence-corrected chi connectivity index (χ0v) is 14.8. The molecule has 0 aliphatic carbocycles. The van der Waals surface area contributed by atoms with E-state index in [1.807, 2.05) is 64.9 Å². The van der Waals surface area contributed by atoms with Crippen LogP contribution in [0.3, 0.4) is 0 Å². The molecule has 128 valence electrons.